The van der Waals surface area contributed by atoms with E-state index in [4.69, 9.17) is 5.73 Å². The summed E-state index contributed by atoms with van der Waals surface area (Å²) in [6.45, 7) is 6.56. The van der Waals surface area contributed by atoms with Crippen LogP contribution in [0.1, 0.15) is 13.8 Å². The minimum absolute atomic E-state index is 0.289. The van der Waals surface area contributed by atoms with E-state index < -0.39 is 5.95 Å². The van der Waals surface area contributed by atoms with Gasteiger partial charge in [0, 0.05) is 5.70 Å². The molecule has 0 aliphatic heterocycles. The van der Waals surface area contributed by atoms with Gasteiger partial charge in [-0.1, -0.05) is 6.58 Å². The summed E-state index contributed by atoms with van der Waals surface area (Å²) in [6.07, 6.45) is 1.26. The summed E-state index contributed by atoms with van der Waals surface area (Å²) in [7, 11) is 0. The molecule has 0 heterocycles. The summed E-state index contributed by atoms with van der Waals surface area (Å²) >= 11 is 0. The normalized spacial score (nSPS) is 13.5. The Kier molecular flexibility index (Phi) is 3.39. The van der Waals surface area contributed by atoms with Gasteiger partial charge in [0.2, 0.25) is 5.95 Å². The number of rotatable bonds is 2. The molecule has 0 aromatic carbocycles. The molecule has 0 bridgehead atoms. The lowest BCUT2D eigenvalue weighted by atomic mass is 10.3. The summed E-state index contributed by atoms with van der Waals surface area (Å²) in [5.74, 6) is -0.538. The smallest absolute Gasteiger partial charge is 0.208 e. The molecule has 2 N–H and O–H groups in total. The van der Waals surface area contributed by atoms with Crippen LogP contribution in [0.25, 0.3) is 0 Å². The fourth-order valence-corrected chi connectivity index (χ4v) is 0.297. The van der Waals surface area contributed by atoms with Crippen molar-refractivity contribution >= 4 is 5.71 Å². The molecule has 0 aliphatic rings. The molecule has 0 unspecified atom stereocenters. The Labute approximate surface area is 60.0 Å². The first-order chi connectivity index (χ1) is 4.57. The molecule has 0 rings (SSSR count). The fourth-order valence-electron chi connectivity index (χ4n) is 0.297. The van der Waals surface area contributed by atoms with E-state index in [2.05, 4.69) is 11.6 Å². The number of hydrogen-bond acceptors (Lipinski definition) is 2. The molecule has 0 aromatic heterocycles. The number of nitrogens with zero attached hydrogens (tertiary/aromatic N) is 1. The summed E-state index contributed by atoms with van der Waals surface area (Å²) in [4.78, 5) is 3.48. The molecule has 0 aromatic rings. The number of nitrogens with two attached hydrogens (primary N) is 1. The SMILES string of the molecule is C=C(N)C(C)=N/C(F)=C\C. The Morgan fingerprint density at radius 2 is 2.20 bits per heavy atom. The predicted octanol–water partition coefficient (Wildman–Crippen LogP) is 1.75. The monoisotopic (exact) mass is 142 g/mol. The third-order valence-corrected chi connectivity index (χ3v) is 0.977. The largest absolute Gasteiger partial charge is 0.398 e. The summed E-state index contributed by atoms with van der Waals surface area (Å²) < 4.78 is 12.3. The summed E-state index contributed by atoms with van der Waals surface area (Å²) in [6, 6.07) is 0. The first-order valence-corrected chi connectivity index (χ1v) is 2.89. The lowest BCUT2D eigenvalue weighted by molar-refractivity contribution is 0.626. The first kappa shape index (κ1) is 8.88. The van der Waals surface area contributed by atoms with Crippen molar-refractivity contribution in [2.75, 3.05) is 0 Å². The van der Waals surface area contributed by atoms with Crippen molar-refractivity contribution in [3.63, 3.8) is 0 Å². The van der Waals surface area contributed by atoms with Crippen molar-refractivity contribution in [3.8, 4) is 0 Å². The van der Waals surface area contributed by atoms with E-state index in [1.807, 2.05) is 0 Å². The van der Waals surface area contributed by atoms with Gasteiger partial charge in [0.05, 0.1) is 5.71 Å². The molecular formula is C7H11FN2. The number of aliphatic imine (C=N–C) groups is 1. The second kappa shape index (κ2) is 3.82. The average Bonchev–Trinajstić information content (AvgIpc) is 1.87. The van der Waals surface area contributed by atoms with E-state index in [-0.39, 0.29) is 5.70 Å². The Morgan fingerprint density at radius 3 is 2.50 bits per heavy atom. The Bertz CT molecular complexity index is 192. The van der Waals surface area contributed by atoms with Crippen LogP contribution < -0.4 is 5.73 Å². The summed E-state index contributed by atoms with van der Waals surface area (Å²) in [5, 5.41) is 0. The molecule has 0 saturated carbocycles. The quantitative estimate of drug-likeness (QED) is 0.463. The van der Waals surface area contributed by atoms with Crippen molar-refractivity contribution in [3.05, 3.63) is 24.3 Å². The molecule has 0 saturated heterocycles. The average molecular weight is 142 g/mol. The molecule has 0 radical (unpaired) electrons. The summed E-state index contributed by atoms with van der Waals surface area (Å²) in [5.41, 5.74) is 5.92. The van der Waals surface area contributed by atoms with Crippen molar-refractivity contribution in [2.24, 2.45) is 10.7 Å². The minimum atomic E-state index is -0.538. The zero-order valence-corrected chi connectivity index (χ0v) is 6.19. The van der Waals surface area contributed by atoms with E-state index in [9.17, 15) is 4.39 Å². The van der Waals surface area contributed by atoms with Crippen molar-refractivity contribution < 1.29 is 4.39 Å². The van der Waals surface area contributed by atoms with Crippen LogP contribution >= 0.6 is 0 Å². The molecule has 2 nitrogen and oxygen atoms in total. The number of allylic oxidation sites excluding steroid dienone is 2. The molecular weight excluding hydrogens is 131 g/mol. The van der Waals surface area contributed by atoms with Crippen molar-refractivity contribution in [1.82, 2.24) is 0 Å². The number of hydrogen-bond donors (Lipinski definition) is 1. The Hall–Kier alpha value is -1.12. The molecule has 56 valence electrons. The van der Waals surface area contributed by atoms with Gasteiger partial charge in [-0.3, -0.25) is 0 Å². The molecule has 3 heteroatoms. The fraction of sp³-hybridized carbons (Fsp3) is 0.286. The Morgan fingerprint density at radius 1 is 1.70 bits per heavy atom. The van der Waals surface area contributed by atoms with E-state index >= 15 is 0 Å². The third-order valence-electron chi connectivity index (χ3n) is 0.977. The van der Waals surface area contributed by atoms with Crippen molar-refractivity contribution in [1.29, 1.82) is 0 Å². The molecule has 0 spiro atoms. The van der Waals surface area contributed by atoms with Crippen molar-refractivity contribution in [2.45, 2.75) is 13.8 Å². The van der Waals surface area contributed by atoms with Gasteiger partial charge in [-0.2, -0.15) is 4.39 Å². The number of halogens is 1. The zero-order chi connectivity index (χ0) is 8.15. The van der Waals surface area contributed by atoms with Gasteiger partial charge in [0.25, 0.3) is 0 Å². The standard InChI is InChI=1S/C7H11FN2/c1-4-7(8)10-6(3)5(2)9/h4H,2,9H2,1,3H3/b7-4-,10-6?. The van der Waals surface area contributed by atoms with Crippen LogP contribution in [0.4, 0.5) is 4.39 Å². The molecule has 0 amide bonds. The van der Waals surface area contributed by atoms with Gasteiger partial charge in [0.15, 0.2) is 0 Å². The van der Waals surface area contributed by atoms with Gasteiger partial charge >= 0.3 is 0 Å². The predicted molar refractivity (Wildman–Crippen MR) is 41.3 cm³/mol. The highest BCUT2D eigenvalue weighted by molar-refractivity contribution is 5.97. The van der Waals surface area contributed by atoms with Crippen LogP contribution in [0.2, 0.25) is 0 Å². The first-order valence-electron chi connectivity index (χ1n) is 2.89. The maximum Gasteiger partial charge on any atom is 0.208 e. The minimum Gasteiger partial charge on any atom is -0.398 e. The zero-order valence-electron chi connectivity index (χ0n) is 6.19. The Balaban J connectivity index is 4.31. The highest BCUT2D eigenvalue weighted by Gasteiger charge is 1.92. The van der Waals surface area contributed by atoms with Gasteiger partial charge in [-0.25, -0.2) is 4.99 Å². The van der Waals surface area contributed by atoms with Gasteiger partial charge in [-0.05, 0) is 19.9 Å². The van der Waals surface area contributed by atoms with E-state index in [0.717, 1.165) is 0 Å². The lowest BCUT2D eigenvalue weighted by Crippen LogP contribution is -2.05. The highest BCUT2D eigenvalue weighted by Crippen LogP contribution is 1.99. The van der Waals surface area contributed by atoms with Crippen LogP contribution in [0.5, 0.6) is 0 Å². The van der Waals surface area contributed by atoms with Crippen LogP contribution in [0, 0.1) is 0 Å². The second-order valence-corrected chi connectivity index (χ2v) is 1.83. The third kappa shape index (κ3) is 3.02. The van der Waals surface area contributed by atoms with Crippen LogP contribution in [0.3, 0.4) is 0 Å². The highest BCUT2D eigenvalue weighted by atomic mass is 19.1. The maximum atomic E-state index is 12.3. The molecule has 10 heavy (non-hydrogen) atoms. The second-order valence-electron chi connectivity index (χ2n) is 1.83. The topological polar surface area (TPSA) is 38.4 Å². The van der Waals surface area contributed by atoms with Crippen LogP contribution in [0.15, 0.2) is 29.3 Å². The molecule has 0 fully saturated rings. The van der Waals surface area contributed by atoms with Gasteiger partial charge in [0.1, 0.15) is 0 Å². The van der Waals surface area contributed by atoms with E-state index in [1.54, 1.807) is 13.8 Å². The van der Waals surface area contributed by atoms with Crippen LogP contribution in [-0.4, -0.2) is 5.71 Å². The maximum absolute atomic E-state index is 12.3. The van der Waals surface area contributed by atoms with E-state index in [1.165, 1.54) is 6.08 Å². The molecule has 0 atom stereocenters. The van der Waals surface area contributed by atoms with Crippen LogP contribution in [-0.2, 0) is 0 Å². The van der Waals surface area contributed by atoms with Gasteiger partial charge in [-0.15, -0.1) is 0 Å². The van der Waals surface area contributed by atoms with E-state index in [0.29, 0.717) is 5.71 Å². The lowest BCUT2D eigenvalue weighted by Gasteiger charge is -1.94. The molecule has 0 aliphatic carbocycles. The van der Waals surface area contributed by atoms with Gasteiger partial charge < -0.3 is 5.73 Å².